The van der Waals surface area contributed by atoms with Crippen LogP contribution in [0, 0.1) is 17.8 Å². The molecule has 0 saturated heterocycles. The highest BCUT2D eigenvalue weighted by Gasteiger charge is 2.33. The Kier molecular flexibility index (Phi) is 3.84. The summed E-state index contributed by atoms with van der Waals surface area (Å²) in [6.07, 6.45) is 10.5. The first kappa shape index (κ1) is 9.83. The molecule has 0 amide bonds. The lowest BCUT2D eigenvalue weighted by molar-refractivity contribution is 0.633. The van der Waals surface area contributed by atoms with Gasteiger partial charge in [-0.1, -0.05) is 45.8 Å². The van der Waals surface area contributed by atoms with Crippen molar-refractivity contribution in [2.75, 3.05) is 0 Å². The van der Waals surface area contributed by atoms with Gasteiger partial charge in [-0.05, 0) is 30.6 Å². The summed E-state index contributed by atoms with van der Waals surface area (Å²) in [5.41, 5.74) is 0. The third kappa shape index (κ3) is 3.42. The Balaban J connectivity index is 2.07. The van der Waals surface area contributed by atoms with Crippen LogP contribution in [0.2, 0.25) is 0 Å². The van der Waals surface area contributed by atoms with Gasteiger partial charge < -0.3 is 0 Å². The van der Waals surface area contributed by atoms with E-state index in [9.17, 15) is 0 Å². The fourth-order valence-electron chi connectivity index (χ4n) is 1.67. The van der Waals surface area contributed by atoms with Crippen molar-refractivity contribution >= 4 is 0 Å². The fraction of sp³-hybridized carbons (Fsp3) is 0.833. The molecule has 2 atom stereocenters. The quantitative estimate of drug-likeness (QED) is 0.541. The van der Waals surface area contributed by atoms with Crippen molar-refractivity contribution < 1.29 is 0 Å². The van der Waals surface area contributed by atoms with E-state index in [-0.39, 0.29) is 0 Å². The number of hydrogen-bond donors (Lipinski definition) is 0. The molecule has 0 bridgehead atoms. The van der Waals surface area contributed by atoms with Crippen molar-refractivity contribution in [3.63, 3.8) is 0 Å². The highest BCUT2D eigenvalue weighted by atomic mass is 14.4. The molecular formula is C12H22. The van der Waals surface area contributed by atoms with Gasteiger partial charge in [0, 0.05) is 0 Å². The fourth-order valence-corrected chi connectivity index (χ4v) is 1.67. The Morgan fingerprint density at radius 3 is 2.75 bits per heavy atom. The lowest BCUT2D eigenvalue weighted by Crippen LogP contribution is -1.82. The Morgan fingerprint density at radius 1 is 1.42 bits per heavy atom. The highest BCUT2D eigenvalue weighted by Crippen LogP contribution is 2.43. The molecule has 0 heterocycles. The van der Waals surface area contributed by atoms with Crippen molar-refractivity contribution in [2.45, 2.75) is 46.5 Å². The molecule has 0 aliphatic heterocycles. The normalized spacial score (nSPS) is 28.7. The van der Waals surface area contributed by atoms with Gasteiger partial charge >= 0.3 is 0 Å². The minimum Gasteiger partial charge on any atom is -0.0857 e. The second-order valence-corrected chi connectivity index (χ2v) is 4.43. The summed E-state index contributed by atoms with van der Waals surface area (Å²) >= 11 is 0. The third-order valence-electron chi connectivity index (χ3n) is 2.65. The van der Waals surface area contributed by atoms with Gasteiger partial charge in [0.1, 0.15) is 0 Å². The molecule has 12 heavy (non-hydrogen) atoms. The maximum absolute atomic E-state index is 2.44. The van der Waals surface area contributed by atoms with Gasteiger partial charge in [-0.15, -0.1) is 0 Å². The largest absolute Gasteiger partial charge is 0.0857 e. The van der Waals surface area contributed by atoms with Crippen LogP contribution in [0.15, 0.2) is 12.2 Å². The van der Waals surface area contributed by atoms with Gasteiger partial charge in [-0.2, -0.15) is 0 Å². The van der Waals surface area contributed by atoms with Crippen LogP contribution >= 0.6 is 0 Å². The average molecular weight is 166 g/mol. The van der Waals surface area contributed by atoms with Crippen LogP contribution < -0.4 is 0 Å². The van der Waals surface area contributed by atoms with Crippen LogP contribution in [-0.2, 0) is 0 Å². The summed E-state index contributed by atoms with van der Waals surface area (Å²) in [7, 11) is 0. The molecule has 1 rings (SSSR count). The molecule has 0 aromatic carbocycles. The lowest BCUT2D eigenvalue weighted by atomic mass is 10.1. The number of hydrogen-bond acceptors (Lipinski definition) is 0. The van der Waals surface area contributed by atoms with Crippen LogP contribution in [0.5, 0.6) is 0 Å². The second kappa shape index (κ2) is 4.69. The zero-order valence-electron chi connectivity index (χ0n) is 8.72. The van der Waals surface area contributed by atoms with Crippen LogP contribution in [0.25, 0.3) is 0 Å². The Morgan fingerprint density at radius 2 is 2.17 bits per heavy atom. The zero-order chi connectivity index (χ0) is 8.97. The summed E-state index contributed by atoms with van der Waals surface area (Å²) in [6.45, 7) is 6.78. The van der Waals surface area contributed by atoms with Crippen molar-refractivity contribution in [1.29, 1.82) is 0 Å². The molecule has 0 heteroatoms. The molecule has 0 aromatic heterocycles. The smallest absolute Gasteiger partial charge is 0.0202 e. The topological polar surface area (TPSA) is 0 Å². The van der Waals surface area contributed by atoms with Gasteiger partial charge in [0.15, 0.2) is 0 Å². The van der Waals surface area contributed by atoms with E-state index in [4.69, 9.17) is 0 Å². The van der Waals surface area contributed by atoms with Gasteiger partial charge in [-0.25, -0.2) is 0 Å². The maximum Gasteiger partial charge on any atom is -0.0202 e. The highest BCUT2D eigenvalue weighted by molar-refractivity contribution is 5.02. The van der Waals surface area contributed by atoms with E-state index in [1.807, 2.05) is 0 Å². The van der Waals surface area contributed by atoms with Gasteiger partial charge in [0.05, 0.1) is 0 Å². The first-order chi connectivity index (χ1) is 5.74. The molecule has 1 aliphatic carbocycles. The van der Waals surface area contributed by atoms with Crippen LogP contribution in [0.4, 0.5) is 0 Å². The zero-order valence-corrected chi connectivity index (χ0v) is 8.72. The summed E-state index contributed by atoms with van der Waals surface area (Å²) in [6, 6.07) is 0. The van der Waals surface area contributed by atoms with Crippen molar-refractivity contribution in [1.82, 2.24) is 0 Å². The maximum atomic E-state index is 2.44. The predicted molar refractivity (Wildman–Crippen MR) is 55.1 cm³/mol. The van der Waals surface area contributed by atoms with Crippen molar-refractivity contribution in [3.8, 4) is 0 Å². The number of allylic oxidation sites excluding steroid dienone is 2. The average Bonchev–Trinajstić information content (AvgIpc) is 2.76. The van der Waals surface area contributed by atoms with Crippen LogP contribution in [-0.4, -0.2) is 0 Å². The summed E-state index contributed by atoms with van der Waals surface area (Å²) in [5, 5.41) is 0. The molecule has 0 radical (unpaired) electrons. The molecule has 1 fully saturated rings. The predicted octanol–water partition coefficient (Wildman–Crippen LogP) is 4.02. The minimum absolute atomic E-state index is 0.734. The summed E-state index contributed by atoms with van der Waals surface area (Å²) < 4.78 is 0. The first-order valence-electron chi connectivity index (χ1n) is 5.42. The summed E-state index contributed by atoms with van der Waals surface area (Å²) in [5.74, 6) is 2.72. The van der Waals surface area contributed by atoms with Gasteiger partial charge in [0.25, 0.3) is 0 Å². The molecule has 1 aliphatic rings. The lowest BCUT2D eigenvalue weighted by Gasteiger charge is -1.95. The Bertz CT molecular complexity index is 144. The third-order valence-corrected chi connectivity index (χ3v) is 2.65. The first-order valence-corrected chi connectivity index (χ1v) is 5.42. The van der Waals surface area contributed by atoms with Crippen LogP contribution in [0.1, 0.15) is 46.5 Å². The van der Waals surface area contributed by atoms with E-state index in [0.29, 0.717) is 0 Å². The minimum atomic E-state index is 0.734. The van der Waals surface area contributed by atoms with E-state index in [2.05, 4.69) is 32.9 Å². The van der Waals surface area contributed by atoms with Crippen LogP contribution in [0.3, 0.4) is 0 Å². The van der Waals surface area contributed by atoms with E-state index in [1.54, 1.807) is 0 Å². The standard InChI is InChI=1S/C12H22/c1-4-5-6-11-9-12(11)8-7-10(2)3/h7-8,10-12H,4-6,9H2,1-3H3/b8-7+/t11-,12-/m1/s1. The van der Waals surface area contributed by atoms with E-state index in [1.165, 1.54) is 25.7 Å². The van der Waals surface area contributed by atoms with E-state index in [0.717, 1.165) is 17.8 Å². The molecule has 0 nitrogen and oxygen atoms in total. The van der Waals surface area contributed by atoms with Crippen molar-refractivity contribution in [2.24, 2.45) is 17.8 Å². The molecule has 0 N–H and O–H groups in total. The number of rotatable bonds is 5. The molecule has 0 unspecified atom stereocenters. The molecular weight excluding hydrogens is 144 g/mol. The second-order valence-electron chi connectivity index (χ2n) is 4.43. The Labute approximate surface area is 77.1 Å². The summed E-state index contributed by atoms with van der Waals surface area (Å²) in [4.78, 5) is 0. The van der Waals surface area contributed by atoms with E-state index < -0.39 is 0 Å². The van der Waals surface area contributed by atoms with E-state index >= 15 is 0 Å². The Hall–Kier alpha value is -0.260. The number of unbranched alkanes of at least 4 members (excludes halogenated alkanes) is 1. The molecule has 1 saturated carbocycles. The SMILES string of the molecule is CCCC[C@@H]1C[C@H]1/C=C/C(C)C. The van der Waals surface area contributed by atoms with Gasteiger partial charge in [-0.3, -0.25) is 0 Å². The molecule has 0 aromatic rings. The van der Waals surface area contributed by atoms with Gasteiger partial charge in [0.2, 0.25) is 0 Å². The molecule has 70 valence electrons. The van der Waals surface area contributed by atoms with Crippen molar-refractivity contribution in [3.05, 3.63) is 12.2 Å². The monoisotopic (exact) mass is 166 g/mol. The molecule has 0 spiro atoms.